The summed E-state index contributed by atoms with van der Waals surface area (Å²) in [6.07, 6.45) is 4.08. The maximum absolute atomic E-state index is 5.61. The van der Waals surface area contributed by atoms with E-state index >= 15 is 0 Å². The molecule has 1 saturated heterocycles. The molecule has 0 aromatic heterocycles. The first-order valence-corrected chi connectivity index (χ1v) is 5.43. The van der Waals surface area contributed by atoms with Gasteiger partial charge in [-0.05, 0) is 18.8 Å². The van der Waals surface area contributed by atoms with Crippen molar-refractivity contribution in [1.29, 1.82) is 0 Å². The Balaban J connectivity index is 1.98. The second kappa shape index (κ2) is 4.40. The average molecular weight is 184 g/mol. The van der Waals surface area contributed by atoms with Crippen molar-refractivity contribution >= 4 is 0 Å². The van der Waals surface area contributed by atoms with Crippen molar-refractivity contribution in [2.24, 2.45) is 11.7 Å². The zero-order valence-corrected chi connectivity index (χ0v) is 8.24. The Hall–Kier alpha value is -0.120. The van der Waals surface area contributed by atoms with Crippen molar-refractivity contribution in [2.45, 2.75) is 25.3 Å². The molecule has 0 spiro atoms. The van der Waals surface area contributed by atoms with E-state index in [1.54, 1.807) is 0 Å². The molecule has 3 heteroatoms. The molecular formula is C10H20N2O. The molecule has 2 rings (SSSR count). The predicted octanol–water partition coefficient (Wildman–Crippen LogP) is 0.446. The smallest absolute Gasteiger partial charge is 0.0593 e. The molecule has 13 heavy (non-hydrogen) atoms. The minimum atomic E-state index is 0.769. The third kappa shape index (κ3) is 2.03. The second-order valence-electron chi connectivity index (χ2n) is 4.16. The zero-order valence-electron chi connectivity index (χ0n) is 8.24. The van der Waals surface area contributed by atoms with Crippen molar-refractivity contribution in [3.63, 3.8) is 0 Å². The lowest BCUT2D eigenvalue weighted by Gasteiger charge is -2.29. The van der Waals surface area contributed by atoms with E-state index in [0.29, 0.717) is 0 Å². The summed E-state index contributed by atoms with van der Waals surface area (Å²) in [5.74, 6) is 0.786. The second-order valence-corrected chi connectivity index (χ2v) is 4.16. The molecule has 2 atom stereocenters. The molecule has 3 nitrogen and oxygen atoms in total. The number of nitrogens with two attached hydrogens (primary N) is 1. The van der Waals surface area contributed by atoms with Gasteiger partial charge in [0.05, 0.1) is 13.2 Å². The molecule has 0 radical (unpaired) electrons. The van der Waals surface area contributed by atoms with E-state index in [-0.39, 0.29) is 0 Å². The van der Waals surface area contributed by atoms with Gasteiger partial charge in [-0.1, -0.05) is 6.42 Å². The van der Waals surface area contributed by atoms with Crippen molar-refractivity contribution in [3.8, 4) is 0 Å². The largest absolute Gasteiger partial charge is 0.380 e. The number of nitrogens with zero attached hydrogens (tertiary/aromatic N) is 1. The van der Waals surface area contributed by atoms with Gasteiger partial charge in [-0.3, -0.25) is 4.90 Å². The summed E-state index contributed by atoms with van der Waals surface area (Å²) in [5.41, 5.74) is 5.61. The Labute approximate surface area is 80.2 Å². The van der Waals surface area contributed by atoms with Crippen LogP contribution in [0, 0.1) is 5.92 Å². The van der Waals surface area contributed by atoms with Crippen LogP contribution in [0.15, 0.2) is 0 Å². The highest BCUT2D eigenvalue weighted by Gasteiger charge is 2.33. The molecule has 1 aliphatic carbocycles. The van der Waals surface area contributed by atoms with Crippen molar-refractivity contribution in [3.05, 3.63) is 0 Å². The monoisotopic (exact) mass is 184 g/mol. The van der Waals surface area contributed by atoms with Gasteiger partial charge in [-0.15, -0.1) is 0 Å². The molecule has 2 fully saturated rings. The molecule has 0 amide bonds. The molecule has 76 valence electrons. The third-order valence-corrected chi connectivity index (χ3v) is 3.36. The number of fused-ring (bicyclic) bond motifs is 1. The predicted molar refractivity (Wildman–Crippen MR) is 52.6 cm³/mol. The molecule has 1 heterocycles. The summed E-state index contributed by atoms with van der Waals surface area (Å²) in [6.45, 7) is 4.78. The first kappa shape index (κ1) is 9.44. The van der Waals surface area contributed by atoms with Crippen LogP contribution >= 0.6 is 0 Å². The van der Waals surface area contributed by atoms with Crippen LogP contribution in [0.25, 0.3) is 0 Å². The summed E-state index contributed by atoms with van der Waals surface area (Å²) in [4.78, 5) is 2.53. The highest BCUT2D eigenvalue weighted by molar-refractivity contribution is 4.87. The van der Waals surface area contributed by atoms with Gasteiger partial charge in [0, 0.05) is 25.7 Å². The fourth-order valence-electron chi connectivity index (χ4n) is 2.72. The maximum atomic E-state index is 5.61. The van der Waals surface area contributed by atoms with Crippen LogP contribution < -0.4 is 5.73 Å². The van der Waals surface area contributed by atoms with E-state index in [1.165, 1.54) is 19.3 Å². The summed E-state index contributed by atoms with van der Waals surface area (Å²) in [5, 5.41) is 0. The number of ether oxygens (including phenoxy) is 1. The molecule has 1 aliphatic heterocycles. The lowest BCUT2D eigenvalue weighted by Crippen LogP contribution is -2.41. The Kier molecular flexibility index (Phi) is 3.19. The highest BCUT2D eigenvalue weighted by Crippen LogP contribution is 2.31. The van der Waals surface area contributed by atoms with Gasteiger partial charge in [-0.2, -0.15) is 0 Å². The SMILES string of the molecule is NCCN1CCOCC2CCCC21. The number of hydrogen-bond acceptors (Lipinski definition) is 3. The van der Waals surface area contributed by atoms with Crippen LogP contribution in [-0.2, 0) is 4.74 Å². The Morgan fingerprint density at radius 2 is 2.31 bits per heavy atom. The minimum Gasteiger partial charge on any atom is -0.380 e. The van der Waals surface area contributed by atoms with Gasteiger partial charge in [0.15, 0.2) is 0 Å². The van der Waals surface area contributed by atoms with Crippen LogP contribution in [0.3, 0.4) is 0 Å². The summed E-state index contributed by atoms with van der Waals surface area (Å²) < 4.78 is 5.60. The normalized spacial score (nSPS) is 35.8. The van der Waals surface area contributed by atoms with Crippen LogP contribution in [0.5, 0.6) is 0 Å². The zero-order chi connectivity index (χ0) is 9.10. The first-order valence-electron chi connectivity index (χ1n) is 5.43. The molecule has 0 aromatic carbocycles. The summed E-state index contributed by atoms with van der Waals surface area (Å²) in [6, 6.07) is 0.769. The Bertz CT molecular complexity index is 163. The molecule has 2 unspecified atom stereocenters. The van der Waals surface area contributed by atoms with Crippen LogP contribution in [0.2, 0.25) is 0 Å². The van der Waals surface area contributed by atoms with Gasteiger partial charge in [0.25, 0.3) is 0 Å². The fourth-order valence-corrected chi connectivity index (χ4v) is 2.72. The van der Waals surface area contributed by atoms with Gasteiger partial charge < -0.3 is 10.5 Å². The van der Waals surface area contributed by atoms with Crippen LogP contribution in [0.1, 0.15) is 19.3 Å². The lowest BCUT2D eigenvalue weighted by atomic mass is 10.0. The first-order chi connectivity index (χ1) is 6.42. The number of hydrogen-bond donors (Lipinski definition) is 1. The topological polar surface area (TPSA) is 38.5 Å². The van der Waals surface area contributed by atoms with E-state index in [9.17, 15) is 0 Å². The van der Waals surface area contributed by atoms with Crippen molar-refractivity contribution in [1.82, 2.24) is 4.90 Å². The van der Waals surface area contributed by atoms with Crippen LogP contribution in [0.4, 0.5) is 0 Å². The molecule has 0 aromatic rings. The van der Waals surface area contributed by atoms with Gasteiger partial charge in [0.1, 0.15) is 0 Å². The highest BCUT2D eigenvalue weighted by atomic mass is 16.5. The van der Waals surface area contributed by atoms with Crippen molar-refractivity contribution < 1.29 is 4.74 Å². The fraction of sp³-hybridized carbons (Fsp3) is 1.00. The molecule has 1 saturated carbocycles. The average Bonchev–Trinajstić information content (AvgIpc) is 2.52. The minimum absolute atomic E-state index is 0.769. The molecular weight excluding hydrogens is 164 g/mol. The quantitative estimate of drug-likeness (QED) is 0.677. The number of rotatable bonds is 2. The van der Waals surface area contributed by atoms with E-state index in [2.05, 4.69) is 4.90 Å². The summed E-state index contributed by atoms with van der Waals surface area (Å²) in [7, 11) is 0. The molecule has 2 N–H and O–H groups in total. The van der Waals surface area contributed by atoms with Gasteiger partial charge in [0.2, 0.25) is 0 Å². The van der Waals surface area contributed by atoms with Crippen molar-refractivity contribution in [2.75, 3.05) is 32.8 Å². The standard InChI is InChI=1S/C10H20N2O/c11-4-5-12-6-7-13-8-9-2-1-3-10(9)12/h9-10H,1-8,11H2. The van der Waals surface area contributed by atoms with Gasteiger partial charge >= 0.3 is 0 Å². The van der Waals surface area contributed by atoms with Gasteiger partial charge in [-0.25, -0.2) is 0 Å². The lowest BCUT2D eigenvalue weighted by molar-refractivity contribution is 0.120. The Morgan fingerprint density at radius 3 is 3.15 bits per heavy atom. The maximum Gasteiger partial charge on any atom is 0.0593 e. The Morgan fingerprint density at radius 1 is 1.38 bits per heavy atom. The third-order valence-electron chi connectivity index (χ3n) is 3.36. The van der Waals surface area contributed by atoms with E-state index in [4.69, 9.17) is 10.5 Å². The summed E-state index contributed by atoms with van der Waals surface area (Å²) >= 11 is 0. The molecule has 0 bridgehead atoms. The van der Waals surface area contributed by atoms with E-state index in [1.807, 2.05) is 0 Å². The van der Waals surface area contributed by atoms with E-state index < -0.39 is 0 Å². The van der Waals surface area contributed by atoms with E-state index in [0.717, 1.165) is 44.8 Å². The molecule has 2 aliphatic rings. The van der Waals surface area contributed by atoms with Crippen LogP contribution in [-0.4, -0.2) is 43.8 Å².